The highest BCUT2D eigenvalue weighted by molar-refractivity contribution is 5.83. The number of Topliss-reactive ketones (excluding diaryl/α,β-unsaturated/α-hetero) is 1. The van der Waals surface area contributed by atoms with Gasteiger partial charge in [0.1, 0.15) is 6.54 Å². The summed E-state index contributed by atoms with van der Waals surface area (Å²) < 4.78 is 10.4. The minimum atomic E-state index is -0.433. The van der Waals surface area contributed by atoms with Crippen molar-refractivity contribution in [2.75, 3.05) is 14.2 Å². The molecule has 0 saturated heterocycles. The van der Waals surface area contributed by atoms with Crippen LogP contribution in [-0.2, 0) is 11.3 Å². The molecule has 1 aromatic heterocycles. The molecule has 0 aliphatic carbocycles. The van der Waals surface area contributed by atoms with Crippen LogP contribution in [0.4, 0.5) is 0 Å². The molecule has 118 valence electrons. The molecule has 0 unspecified atom stereocenters. The summed E-state index contributed by atoms with van der Waals surface area (Å²) in [6.07, 6.45) is 0. The number of methoxy groups -OCH3 is 2. The van der Waals surface area contributed by atoms with E-state index in [2.05, 4.69) is 15.4 Å². The lowest BCUT2D eigenvalue weighted by molar-refractivity contribution is -0.127. The van der Waals surface area contributed by atoms with Crippen molar-refractivity contribution in [3.8, 4) is 22.9 Å². The van der Waals surface area contributed by atoms with Crippen LogP contribution >= 0.6 is 0 Å². The minimum Gasteiger partial charge on any atom is -0.493 e. The Balaban J connectivity index is 2.23. The molecule has 0 aliphatic rings. The number of aromatic nitrogens is 4. The number of rotatable bonds is 5. The molecule has 0 bridgehead atoms. The summed E-state index contributed by atoms with van der Waals surface area (Å²) in [6.45, 7) is 5.69. The number of tetrazole rings is 1. The summed E-state index contributed by atoms with van der Waals surface area (Å²) in [6, 6.07) is 5.36. The van der Waals surface area contributed by atoms with E-state index in [9.17, 15) is 4.79 Å². The molecule has 0 atom stereocenters. The van der Waals surface area contributed by atoms with Gasteiger partial charge in [0, 0.05) is 11.0 Å². The van der Waals surface area contributed by atoms with Crippen LogP contribution < -0.4 is 9.47 Å². The standard InChI is InChI=1S/C15H20N4O3/c1-15(2,3)13(20)9-19-17-14(16-18-19)10-6-7-11(21-4)12(8-10)22-5/h6-8H,9H2,1-5H3. The first-order valence-electron chi connectivity index (χ1n) is 6.88. The van der Waals surface area contributed by atoms with Crippen molar-refractivity contribution in [2.24, 2.45) is 5.41 Å². The van der Waals surface area contributed by atoms with Gasteiger partial charge in [0.2, 0.25) is 5.82 Å². The van der Waals surface area contributed by atoms with Crippen LogP contribution in [-0.4, -0.2) is 40.2 Å². The van der Waals surface area contributed by atoms with E-state index < -0.39 is 5.41 Å². The van der Waals surface area contributed by atoms with Gasteiger partial charge >= 0.3 is 0 Å². The quantitative estimate of drug-likeness (QED) is 0.840. The summed E-state index contributed by atoms with van der Waals surface area (Å²) in [7, 11) is 3.14. The van der Waals surface area contributed by atoms with Crippen molar-refractivity contribution < 1.29 is 14.3 Å². The fourth-order valence-corrected chi connectivity index (χ4v) is 1.77. The summed E-state index contributed by atoms with van der Waals surface area (Å²) in [5.74, 6) is 1.69. The third kappa shape index (κ3) is 3.41. The van der Waals surface area contributed by atoms with Crippen LogP contribution in [0.3, 0.4) is 0 Å². The minimum absolute atomic E-state index is 0.0451. The SMILES string of the molecule is COc1ccc(-c2nnn(CC(=O)C(C)(C)C)n2)cc1OC. The van der Waals surface area contributed by atoms with Gasteiger partial charge in [-0.2, -0.15) is 4.80 Å². The smallest absolute Gasteiger partial charge is 0.205 e. The molecule has 0 saturated carbocycles. The predicted octanol–water partition coefficient (Wildman–Crippen LogP) is 1.97. The number of hydrogen-bond donors (Lipinski definition) is 0. The highest BCUT2D eigenvalue weighted by atomic mass is 16.5. The molecule has 7 heteroatoms. The molecular weight excluding hydrogens is 284 g/mol. The van der Waals surface area contributed by atoms with Crippen LogP contribution in [0.15, 0.2) is 18.2 Å². The van der Waals surface area contributed by atoms with Crippen molar-refractivity contribution in [3.63, 3.8) is 0 Å². The fraction of sp³-hybridized carbons (Fsp3) is 0.467. The third-order valence-corrected chi connectivity index (χ3v) is 3.22. The van der Waals surface area contributed by atoms with Crippen molar-refractivity contribution in [3.05, 3.63) is 18.2 Å². The second kappa shape index (κ2) is 6.13. The van der Waals surface area contributed by atoms with Crippen LogP contribution in [0.2, 0.25) is 0 Å². The number of ether oxygens (including phenoxy) is 2. The largest absolute Gasteiger partial charge is 0.493 e. The Kier molecular flexibility index (Phi) is 4.44. The van der Waals surface area contributed by atoms with Gasteiger partial charge in [0.05, 0.1) is 14.2 Å². The van der Waals surface area contributed by atoms with Gasteiger partial charge in [-0.1, -0.05) is 20.8 Å². The fourth-order valence-electron chi connectivity index (χ4n) is 1.77. The lowest BCUT2D eigenvalue weighted by Gasteiger charge is -2.15. The molecular formula is C15H20N4O3. The first-order valence-corrected chi connectivity index (χ1v) is 6.88. The van der Waals surface area contributed by atoms with Crippen LogP contribution in [0.1, 0.15) is 20.8 Å². The maximum atomic E-state index is 12.0. The van der Waals surface area contributed by atoms with Crippen molar-refractivity contribution >= 4 is 5.78 Å². The van der Waals surface area contributed by atoms with Gasteiger partial charge in [-0.05, 0) is 23.4 Å². The Bertz CT molecular complexity index is 674. The van der Waals surface area contributed by atoms with Crippen molar-refractivity contribution in [1.82, 2.24) is 20.2 Å². The molecule has 0 spiro atoms. The van der Waals surface area contributed by atoms with Gasteiger partial charge in [0.25, 0.3) is 0 Å². The number of benzene rings is 1. The Hall–Kier alpha value is -2.44. The Morgan fingerprint density at radius 3 is 2.45 bits per heavy atom. The number of hydrogen-bond acceptors (Lipinski definition) is 6. The molecule has 2 aromatic rings. The van der Waals surface area contributed by atoms with E-state index in [-0.39, 0.29) is 12.3 Å². The summed E-state index contributed by atoms with van der Waals surface area (Å²) >= 11 is 0. The van der Waals surface area contributed by atoms with E-state index >= 15 is 0 Å². The number of carbonyl (C=O) groups is 1. The first kappa shape index (κ1) is 15.9. The van der Waals surface area contributed by atoms with E-state index in [0.717, 1.165) is 5.56 Å². The van der Waals surface area contributed by atoms with E-state index in [4.69, 9.17) is 9.47 Å². The molecule has 2 rings (SSSR count). The highest BCUT2D eigenvalue weighted by Crippen LogP contribution is 2.30. The van der Waals surface area contributed by atoms with E-state index in [1.165, 1.54) is 4.80 Å². The van der Waals surface area contributed by atoms with Crippen molar-refractivity contribution in [2.45, 2.75) is 27.3 Å². The molecule has 0 N–H and O–H groups in total. The van der Waals surface area contributed by atoms with Gasteiger partial charge in [-0.15, -0.1) is 10.2 Å². The average Bonchev–Trinajstić information content (AvgIpc) is 2.94. The van der Waals surface area contributed by atoms with Crippen LogP contribution in [0, 0.1) is 5.41 Å². The lowest BCUT2D eigenvalue weighted by Crippen LogP contribution is -2.26. The molecule has 1 heterocycles. The number of ketones is 1. The molecule has 0 fully saturated rings. The topological polar surface area (TPSA) is 79.1 Å². The Morgan fingerprint density at radius 1 is 1.18 bits per heavy atom. The monoisotopic (exact) mass is 304 g/mol. The second-order valence-electron chi connectivity index (χ2n) is 5.89. The molecule has 0 radical (unpaired) electrons. The zero-order valence-electron chi connectivity index (χ0n) is 13.5. The summed E-state index contributed by atoms with van der Waals surface area (Å²) in [4.78, 5) is 13.3. The summed E-state index contributed by atoms with van der Waals surface area (Å²) in [5.41, 5.74) is 0.309. The zero-order valence-corrected chi connectivity index (χ0v) is 13.5. The number of carbonyl (C=O) groups excluding carboxylic acids is 1. The van der Waals surface area contributed by atoms with Gasteiger partial charge in [0.15, 0.2) is 17.3 Å². The van der Waals surface area contributed by atoms with E-state index in [0.29, 0.717) is 17.3 Å². The molecule has 0 amide bonds. The second-order valence-corrected chi connectivity index (χ2v) is 5.89. The van der Waals surface area contributed by atoms with Gasteiger partial charge in [-0.3, -0.25) is 4.79 Å². The average molecular weight is 304 g/mol. The third-order valence-electron chi connectivity index (χ3n) is 3.22. The Morgan fingerprint density at radius 2 is 1.86 bits per heavy atom. The first-order chi connectivity index (χ1) is 10.3. The van der Waals surface area contributed by atoms with E-state index in [1.807, 2.05) is 26.8 Å². The van der Waals surface area contributed by atoms with Gasteiger partial charge < -0.3 is 9.47 Å². The Labute approximate surface area is 129 Å². The molecule has 0 aliphatic heterocycles. The van der Waals surface area contributed by atoms with Crippen molar-refractivity contribution in [1.29, 1.82) is 0 Å². The summed E-state index contributed by atoms with van der Waals surface area (Å²) in [5, 5.41) is 12.2. The molecule has 22 heavy (non-hydrogen) atoms. The van der Waals surface area contributed by atoms with Crippen LogP contribution in [0.25, 0.3) is 11.4 Å². The molecule has 1 aromatic carbocycles. The van der Waals surface area contributed by atoms with Crippen LogP contribution in [0.5, 0.6) is 11.5 Å². The maximum Gasteiger partial charge on any atom is 0.205 e. The highest BCUT2D eigenvalue weighted by Gasteiger charge is 2.22. The number of nitrogens with zero attached hydrogens (tertiary/aromatic N) is 4. The van der Waals surface area contributed by atoms with Gasteiger partial charge in [-0.25, -0.2) is 0 Å². The van der Waals surface area contributed by atoms with E-state index in [1.54, 1.807) is 26.4 Å². The predicted molar refractivity (Wildman–Crippen MR) is 80.8 cm³/mol. The maximum absolute atomic E-state index is 12.0. The zero-order chi connectivity index (χ0) is 16.3. The normalized spacial score (nSPS) is 11.3. The molecule has 7 nitrogen and oxygen atoms in total. The lowest BCUT2D eigenvalue weighted by atomic mass is 9.91.